The summed E-state index contributed by atoms with van der Waals surface area (Å²) in [7, 11) is 1.79. The predicted molar refractivity (Wildman–Crippen MR) is 177 cm³/mol. The maximum Gasteiger partial charge on any atom is 0.316 e. The Labute approximate surface area is 267 Å². The number of ketones is 1. The van der Waals surface area contributed by atoms with Crippen LogP contribution in [0.3, 0.4) is 0 Å². The third-order valence-electron chi connectivity index (χ3n) is 11.8. The van der Waals surface area contributed by atoms with Crippen LogP contribution in [0.4, 0.5) is 0 Å². The van der Waals surface area contributed by atoms with Crippen LogP contribution in [-0.2, 0) is 14.3 Å². The zero-order valence-corrected chi connectivity index (χ0v) is 28.1. The minimum atomic E-state index is -0.670. The number of esters is 1. The molecule has 1 aliphatic heterocycles. The Morgan fingerprint density at radius 1 is 1.25 bits per heavy atom. The van der Waals surface area contributed by atoms with Crippen LogP contribution in [0, 0.1) is 34.0 Å². The summed E-state index contributed by atoms with van der Waals surface area (Å²) in [5.74, 6) is 0.926. The summed E-state index contributed by atoms with van der Waals surface area (Å²) >= 11 is 1.44. The van der Waals surface area contributed by atoms with Gasteiger partial charge in [0, 0.05) is 48.2 Å². The predicted octanol–water partition coefficient (Wildman–Crippen LogP) is 5.64. The van der Waals surface area contributed by atoms with Crippen molar-refractivity contribution in [3.8, 4) is 0 Å². The van der Waals surface area contributed by atoms with Gasteiger partial charge in [-0.3, -0.25) is 14.6 Å². The van der Waals surface area contributed by atoms with Gasteiger partial charge in [0.05, 0.1) is 24.6 Å². The summed E-state index contributed by atoms with van der Waals surface area (Å²) in [6.45, 7) is 17.3. The van der Waals surface area contributed by atoms with E-state index in [9.17, 15) is 14.7 Å². The number of carbonyl (C=O) groups excluding carboxylic acids is 2. The number of aliphatic hydroxyl groups is 1. The summed E-state index contributed by atoms with van der Waals surface area (Å²) in [4.78, 5) is 34.7. The third-order valence-corrected chi connectivity index (χ3v) is 12.8. The molecule has 1 aromatic carbocycles. The number of thioether (sulfide) groups is 1. The standard InChI is InChI=1S/C35H50N4O4S/c1-8-33(5)20-28(34(6)23(3)13-15-35(24(4)31(33)42)16-14-27(40)30(34)35)43-29(41)22-44-26-12-10-11-25(19-26)21-37-39-18-17-38(9-2)32(39)36-7/h8,10-12,19,21,23-24,28,30-31,42H,1,9,13-18,20,22H2,2-7H3/b36-32?,37-21+/t23?,24-,28+,30?,31-,33+,34-,35?/m0/s1. The molecule has 240 valence electrons. The Kier molecular flexibility index (Phi) is 9.39. The summed E-state index contributed by atoms with van der Waals surface area (Å²) in [6.07, 6.45) is 6.15. The lowest BCUT2D eigenvalue weighted by Crippen LogP contribution is -2.63. The molecule has 3 unspecified atom stereocenters. The number of guanidine groups is 1. The van der Waals surface area contributed by atoms with E-state index in [1.165, 1.54) is 11.8 Å². The van der Waals surface area contributed by atoms with E-state index in [4.69, 9.17) is 4.74 Å². The zero-order chi connectivity index (χ0) is 31.9. The highest BCUT2D eigenvalue weighted by atomic mass is 32.2. The number of hydrazone groups is 1. The van der Waals surface area contributed by atoms with Crippen LogP contribution in [-0.4, -0.2) is 83.6 Å². The summed E-state index contributed by atoms with van der Waals surface area (Å²) < 4.78 is 6.41. The lowest BCUT2D eigenvalue weighted by atomic mass is 9.44. The van der Waals surface area contributed by atoms with Gasteiger partial charge in [-0.2, -0.15) is 5.10 Å². The van der Waals surface area contributed by atoms with E-state index in [0.717, 1.165) is 55.3 Å². The molecule has 1 N–H and O–H groups in total. The molecule has 44 heavy (non-hydrogen) atoms. The van der Waals surface area contributed by atoms with Crippen molar-refractivity contribution in [3.05, 3.63) is 42.5 Å². The fraction of sp³-hybridized carbons (Fsp3) is 0.657. The number of aliphatic imine (C=N–C) groups is 1. The van der Waals surface area contributed by atoms with Gasteiger partial charge in [-0.15, -0.1) is 18.3 Å². The van der Waals surface area contributed by atoms with Gasteiger partial charge >= 0.3 is 5.97 Å². The Balaban J connectivity index is 1.33. The molecule has 0 aromatic heterocycles. The molecule has 0 spiro atoms. The van der Waals surface area contributed by atoms with Gasteiger partial charge in [0.1, 0.15) is 11.9 Å². The van der Waals surface area contributed by atoms with Crippen molar-refractivity contribution in [2.45, 2.75) is 83.8 Å². The largest absolute Gasteiger partial charge is 0.461 e. The number of carbonyl (C=O) groups is 2. The average Bonchev–Trinajstić information content (AvgIpc) is 3.60. The van der Waals surface area contributed by atoms with Gasteiger partial charge in [-0.05, 0) is 67.6 Å². The molecule has 0 radical (unpaired) electrons. The SMILES string of the molecule is C=C[C@]1(C)C[C@@H](OC(=O)CSc2cccc(/C=N/N3CCN(CC)C3=NC)c2)[C@]2(C)C(C)CCC3(CCC(=O)C32)[C@@H](C)[C@@H]1O. The van der Waals surface area contributed by atoms with Crippen LogP contribution in [0.5, 0.6) is 0 Å². The molecule has 1 heterocycles. The Bertz CT molecular complexity index is 1330. The van der Waals surface area contributed by atoms with Gasteiger partial charge in [0.15, 0.2) is 0 Å². The molecule has 2 bridgehead atoms. The second kappa shape index (κ2) is 12.6. The Hall–Kier alpha value is -2.65. The highest BCUT2D eigenvalue weighted by Crippen LogP contribution is 2.68. The number of hydrogen-bond donors (Lipinski definition) is 1. The molecule has 8 nitrogen and oxygen atoms in total. The highest BCUT2D eigenvalue weighted by molar-refractivity contribution is 8.00. The van der Waals surface area contributed by atoms with E-state index in [0.29, 0.717) is 12.8 Å². The average molecular weight is 623 g/mol. The molecule has 3 saturated carbocycles. The van der Waals surface area contributed by atoms with Gasteiger partial charge in [0.25, 0.3) is 0 Å². The maximum absolute atomic E-state index is 13.6. The number of ether oxygens (including phenoxy) is 1. The molecule has 0 amide bonds. The quantitative estimate of drug-likeness (QED) is 0.174. The van der Waals surface area contributed by atoms with Gasteiger partial charge in [-0.1, -0.05) is 45.9 Å². The third kappa shape index (κ3) is 5.52. The van der Waals surface area contributed by atoms with E-state index < -0.39 is 23.0 Å². The minimum absolute atomic E-state index is 0.0475. The molecule has 1 saturated heterocycles. The van der Waals surface area contributed by atoms with Gasteiger partial charge in [0.2, 0.25) is 5.96 Å². The van der Waals surface area contributed by atoms with Crippen molar-refractivity contribution in [3.63, 3.8) is 0 Å². The van der Waals surface area contributed by atoms with E-state index in [2.05, 4.69) is 49.3 Å². The molecule has 3 aliphatic carbocycles. The smallest absolute Gasteiger partial charge is 0.316 e. The molecule has 9 heteroatoms. The Morgan fingerprint density at radius 3 is 2.73 bits per heavy atom. The van der Waals surface area contributed by atoms with Crippen molar-refractivity contribution in [1.82, 2.24) is 9.91 Å². The van der Waals surface area contributed by atoms with Crippen LogP contribution in [0.2, 0.25) is 0 Å². The minimum Gasteiger partial charge on any atom is -0.461 e. The van der Waals surface area contributed by atoms with Crippen LogP contribution in [0.15, 0.2) is 51.9 Å². The van der Waals surface area contributed by atoms with Crippen molar-refractivity contribution in [2.75, 3.05) is 32.4 Å². The van der Waals surface area contributed by atoms with Crippen molar-refractivity contribution >= 4 is 35.7 Å². The number of benzene rings is 1. The molecule has 5 rings (SSSR count). The van der Waals surface area contributed by atoms with Crippen molar-refractivity contribution in [1.29, 1.82) is 0 Å². The number of Topliss-reactive ketones (excluding diaryl/α,β-unsaturated/α-hetero) is 1. The molecule has 8 atom stereocenters. The fourth-order valence-corrected chi connectivity index (χ4v) is 9.65. The second-order valence-corrected chi connectivity index (χ2v) is 14.9. The molecule has 1 aromatic rings. The van der Waals surface area contributed by atoms with E-state index in [-0.39, 0.29) is 40.7 Å². The van der Waals surface area contributed by atoms with Crippen LogP contribution in [0.25, 0.3) is 0 Å². The summed E-state index contributed by atoms with van der Waals surface area (Å²) in [5, 5.41) is 18.3. The van der Waals surface area contributed by atoms with Gasteiger partial charge < -0.3 is 14.7 Å². The molecule has 4 fully saturated rings. The normalized spacial score (nSPS) is 38.1. The van der Waals surface area contributed by atoms with Crippen LogP contribution < -0.4 is 0 Å². The number of hydrogen-bond acceptors (Lipinski definition) is 7. The first-order valence-corrected chi connectivity index (χ1v) is 17.2. The maximum atomic E-state index is 13.6. The van der Waals surface area contributed by atoms with Gasteiger partial charge in [-0.25, -0.2) is 5.01 Å². The number of rotatable bonds is 8. The number of likely N-dealkylation sites (N-methyl/N-ethyl adjacent to an activating group) is 1. The fourth-order valence-electron chi connectivity index (χ4n) is 8.90. The van der Waals surface area contributed by atoms with Crippen LogP contribution in [0.1, 0.15) is 72.3 Å². The summed E-state index contributed by atoms with van der Waals surface area (Å²) in [5.41, 5.74) is -0.486. The van der Waals surface area contributed by atoms with E-state index in [1.54, 1.807) is 7.05 Å². The lowest BCUT2D eigenvalue weighted by Gasteiger charge is -2.61. The first-order chi connectivity index (χ1) is 20.9. The molecule has 4 aliphatic rings. The molecular weight excluding hydrogens is 572 g/mol. The number of aliphatic hydroxyl groups excluding tert-OH is 1. The number of nitrogens with zero attached hydrogens (tertiary/aromatic N) is 4. The molecular formula is C35H50N4O4S. The monoisotopic (exact) mass is 622 g/mol. The van der Waals surface area contributed by atoms with Crippen LogP contribution >= 0.6 is 11.8 Å². The first-order valence-electron chi connectivity index (χ1n) is 16.2. The highest BCUT2D eigenvalue weighted by Gasteiger charge is 2.68. The second-order valence-electron chi connectivity index (χ2n) is 13.9. The summed E-state index contributed by atoms with van der Waals surface area (Å²) in [6, 6.07) is 7.97. The first kappa shape index (κ1) is 32.7. The Morgan fingerprint density at radius 2 is 2.02 bits per heavy atom. The van der Waals surface area contributed by atoms with E-state index in [1.807, 2.05) is 48.5 Å². The topological polar surface area (TPSA) is 94.8 Å². The lowest BCUT2D eigenvalue weighted by molar-refractivity contribution is -0.205. The zero-order valence-electron chi connectivity index (χ0n) is 27.3. The van der Waals surface area contributed by atoms with Crippen molar-refractivity contribution in [2.24, 2.45) is 44.1 Å². The van der Waals surface area contributed by atoms with Crippen molar-refractivity contribution < 1.29 is 19.4 Å². The van der Waals surface area contributed by atoms with E-state index >= 15 is 0 Å².